The lowest BCUT2D eigenvalue weighted by atomic mass is 9.77. The highest BCUT2D eigenvalue weighted by Crippen LogP contribution is 2.60. The molecule has 2 aliphatic heterocycles. The summed E-state index contributed by atoms with van der Waals surface area (Å²) in [6.45, 7) is 3.55. The lowest BCUT2D eigenvalue weighted by Crippen LogP contribution is -2.38. The Bertz CT molecular complexity index is 723. The standard InChI is InChI=1S/C16H20BNO6S/c19-16(20)14-13(25(22)8-5-18-3-6-23-7-4-18)2-1-10-11-9-12(11)17(21)24-15(10)14/h1-2,11-12,21H,3-9H2,(H,19,20). The predicted molar refractivity (Wildman–Crippen MR) is 91.6 cm³/mol. The number of fused-ring (bicyclic) bond motifs is 3. The average Bonchev–Trinajstić information content (AvgIpc) is 3.41. The van der Waals surface area contributed by atoms with E-state index in [1.165, 1.54) is 0 Å². The lowest BCUT2D eigenvalue weighted by molar-refractivity contribution is 0.0409. The van der Waals surface area contributed by atoms with Crippen molar-refractivity contribution in [1.29, 1.82) is 0 Å². The number of hydrogen-bond donors (Lipinski definition) is 2. The molecule has 2 heterocycles. The van der Waals surface area contributed by atoms with E-state index in [0.29, 0.717) is 25.5 Å². The maximum atomic E-state index is 12.7. The van der Waals surface area contributed by atoms with Crippen molar-refractivity contribution in [2.75, 3.05) is 38.6 Å². The lowest BCUT2D eigenvalue weighted by Gasteiger charge is -2.26. The van der Waals surface area contributed by atoms with Gasteiger partial charge in [-0.15, -0.1) is 0 Å². The minimum absolute atomic E-state index is 0.0480. The number of nitrogens with zero attached hydrogens (tertiary/aromatic N) is 1. The summed E-state index contributed by atoms with van der Waals surface area (Å²) in [7, 11) is -2.43. The van der Waals surface area contributed by atoms with Gasteiger partial charge in [0.15, 0.2) is 0 Å². The quantitative estimate of drug-likeness (QED) is 0.736. The highest BCUT2D eigenvalue weighted by Gasteiger charge is 2.54. The van der Waals surface area contributed by atoms with Gasteiger partial charge in [-0.3, -0.25) is 9.11 Å². The molecule has 1 aromatic carbocycles. The molecule has 1 saturated carbocycles. The highest BCUT2D eigenvalue weighted by atomic mass is 32.2. The van der Waals surface area contributed by atoms with Crippen LogP contribution in [-0.4, -0.2) is 70.9 Å². The van der Waals surface area contributed by atoms with E-state index in [-0.39, 0.29) is 27.9 Å². The first-order valence-corrected chi connectivity index (χ1v) is 9.81. The van der Waals surface area contributed by atoms with Gasteiger partial charge in [-0.2, -0.15) is 0 Å². The van der Waals surface area contributed by atoms with E-state index in [4.69, 9.17) is 9.39 Å². The van der Waals surface area contributed by atoms with Gasteiger partial charge in [-0.25, -0.2) is 4.79 Å². The topological polar surface area (TPSA) is 96.3 Å². The normalized spacial score (nSPS) is 26.4. The summed E-state index contributed by atoms with van der Waals surface area (Å²) in [6.07, 6.45) is 0.798. The van der Waals surface area contributed by atoms with Crippen LogP contribution in [0.25, 0.3) is 0 Å². The summed E-state index contributed by atoms with van der Waals surface area (Å²) >= 11 is 0. The van der Waals surface area contributed by atoms with Crippen LogP contribution in [0.15, 0.2) is 17.0 Å². The number of carboxylic acid groups (broad SMARTS) is 1. The fourth-order valence-electron chi connectivity index (χ4n) is 3.63. The van der Waals surface area contributed by atoms with Crippen molar-refractivity contribution in [2.45, 2.75) is 23.1 Å². The van der Waals surface area contributed by atoms with Crippen molar-refractivity contribution < 1.29 is 28.5 Å². The molecule has 134 valence electrons. The van der Waals surface area contributed by atoms with Gasteiger partial charge in [0.05, 0.1) is 28.9 Å². The molecule has 3 aliphatic rings. The molecule has 3 unspecified atom stereocenters. The van der Waals surface area contributed by atoms with Crippen molar-refractivity contribution in [3.8, 4) is 5.75 Å². The minimum atomic E-state index is -1.45. The van der Waals surface area contributed by atoms with E-state index in [9.17, 15) is 19.1 Å². The van der Waals surface area contributed by atoms with E-state index in [1.807, 2.05) is 0 Å². The van der Waals surface area contributed by atoms with E-state index in [1.54, 1.807) is 12.1 Å². The number of carboxylic acids is 1. The smallest absolute Gasteiger partial charge is 0.526 e. The third-order valence-electron chi connectivity index (χ3n) is 5.15. The zero-order chi connectivity index (χ0) is 17.6. The van der Waals surface area contributed by atoms with Crippen LogP contribution in [0.2, 0.25) is 5.82 Å². The molecule has 2 fully saturated rings. The number of rotatable bonds is 5. The van der Waals surface area contributed by atoms with Crippen molar-refractivity contribution in [2.24, 2.45) is 0 Å². The van der Waals surface area contributed by atoms with Crippen LogP contribution in [0.4, 0.5) is 0 Å². The Morgan fingerprint density at radius 3 is 2.84 bits per heavy atom. The first-order valence-electron chi connectivity index (χ1n) is 8.49. The van der Waals surface area contributed by atoms with Crippen LogP contribution in [0.3, 0.4) is 0 Å². The summed E-state index contributed by atoms with van der Waals surface area (Å²) in [4.78, 5) is 14.2. The van der Waals surface area contributed by atoms with Gasteiger partial charge < -0.3 is 19.5 Å². The van der Waals surface area contributed by atoms with Crippen molar-refractivity contribution >= 4 is 23.9 Å². The van der Waals surface area contributed by atoms with Crippen molar-refractivity contribution in [3.05, 3.63) is 23.3 Å². The predicted octanol–water partition coefficient (Wildman–Crippen LogP) is 0.555. The second-order valence-corrected chi connectivity index (χ2v) is 8.22. The maximum Gasteiger partial charge on any atom is 0.526 e. The molecule has 25 heavy (non-hydrogen) atoms. The van der Waals surface area contributed by atoms with Gasteiger partial charge in [0.2, 0.25) is 0 Å². The summed E-state index contributed by atoms with van der Waals surface area (Å²) in [5.74, 6) is -0.429. The van der Waals surface area contributed by atoms with Crippen LogP contribution in [0, 0.1) is 0 Å². The summed E-state index contributed by atoms with van der Waals surface area (Å²) in [6, 6.07) is 3.45. The third kappa shape index (κ3) is 3.21. The van der Waals surface area contributed by atoms with E-state index in [2.05, 4.69) is 4.90 Å². The third-order valence-corrected chi connectivity index (χ3v) is 6.53. The summed E-state index contributed by atoms with van der Waals surface area (Å²) in [5, 5.41) is 19.6. The number of morpholine rings is 1. The molecule has 0 spiro atoms. The van der Waals surface area contributed by atoms with E-state index >= 15 is 0 Å². The molecule has 1 saturated heterocycles. The molecule has 7 nitrogen and oxygen atoms in total. The van der Waals surface area contributed by atoms with Crippen LogP contribution in [-0.2, 0) is 15.5 Å². The fourth-order valence-corrected chi connectivity index (χ4v) is 4.91. The second-order valence-electron chi connectivity index (χ2n) is 6.68. The van der Waals surface area contributed by atoms with Crippen LogP contribution in [0.1, 0.15) is 28.3 Å². The van der Waals surface area contributed by atoms with E-state index in [0.717, 1.165) is 25.1 Å². The van der Waals surface area contributed by atoms with Crippen LogP contribution >= 0.6 is 0 Å². The number of ether oxygens (including phenoxy) is 1. The molecule has 4 rings (SSSR count). The van der Waals surface area contributed by atoms with E-state index < -0.39 is 23.9 Å². The number of carbonyl (C=O) groups is 1. The molecule has 0 amide bonds. The highest BCUT2D eigenvalue weighted by molar-refractivity contribution is 7.85. The molecule has 3 atom stereocenters. The van der Waals surface area contributed by atoms with Crippen molar-refractivity contribution in [1.82, 2.24) is 4.90 Å². The molecule has 9 heteroatoms. The van der Waals surface area contributed by atoms with Crippen molar-refractivity contribution in [3.63, 3.8) is 0 Å². The molecule has 1 aromatic rings. The first-order chi connectivity index (χ1) is 12.1. The number of benzene rings is 1. The molecule has 1 aliphatic carbocycles. The zero-order valence-corrected chi connectivity index (χ0v) is 14.5. The van der Waals surface area contributed by atoms with Gasteiger partial charge in [0.25, 0.3) is 0 Å². The Labute approximate surface area is 148 Å². The van der Waals surface area contributed by atoms with Gasteiger partial charge in [-0.05, 0) is 24.0 Å². The summed E-state index contributed by atoms with van der Waals surface area (Å²) < 4.78 is 23.5. The molecule has 0 aromatic heterocycles. The number of aromatic carboxylic acids is 1. The average molecular weight is 365 g/mol. The molecular weight excluding hydrogens is 345 g/mol. The van der Waals surface area contributed by atoms with Gasteiger partial charge in [0.1, 0.15) is 11.3 Å². The molecule has 2 N–H and O–H groups in total. The fraction of sp³-hybridized carbons (Fsp3) is 0.562. The van der Waals surface area contributed by atoms with Crippen LogP contribution in [0.5, 0.6) is 5.75 Å². The van der Waals surface area contributed by atoms with Gasteiger partial charge in [0, 0.05) is 31.2 Å². The Morgan fingerprint density at radius 1 is 1.36 bits per heavy atom. The number of hydrogen-bond acceptors (Lipinski definition) is 6. The van der Waals surface area contributed by atoms with Gasteiger partial charge >= 0.3 is 13.1 Å². The SMILES string of the molecule is O=C(O)c1c(S(=O)CCN2CCOCC2)ccc2c1OB(O)C1CC21. The molecule has 0 radical (unpaired) electrons. The molecule has 0 bridgehead atoms. The Morgan fingerprint density at radius 2 is 2.12 bits per heavy atom. The summed E-state index contributed by atoms with van der Waals surface area (Å²) in [5.41, 5.74) is 0.740. The second kappa shape index (κ2) is 6.72. The largest absolute Gasteiger partial charge is 0.535 e. The Hall–Kier alpha value is -1.42. The Balaban J connectivity index is 1.57. The monoisotopic (exact) mass is 365 g/mol. The van der Waals surface area contributed by atoms with Crippen LogP contribution < -0.4 is 4.65 Å². The zero-order valence-electron chi connectivity index (χ0n) is 13.7. The minimum Gasteiger partial charge on any atom is -0.535 e. The Kier molecular flexibility index (Phi) is 4.57. The maximum absolute atomic E-state index is 12.7. The first kappa shape index (κ1) is 17.0. The van der Waals surface area contributed by atoms with Gasteiger partial charge in [-0.1, -0.05) is 6.07 Å². The molecular formula is C16H20BNO6S.